The van der Waals surface area contributed by atoms with Crippen LogP contribution in [0.4, 0.5) is 4.39 Å². The molecule has 0 radical (unpaired) electrons. The molecule has 0 N–H and O–H groups in total. The first-order valence-electron chi connectivity index (χ1n) is 9.18. The zero-order chi connectivity index (χ0) is 21.3. The molecule has 2 heterocycles. The molecule has 0 aliphatic rings. The van der Waals surface area contributed by atoms with E-state index in [1.54, 1.807) is 54.5 Å². The van der Waals surface area contributed by atoms with Crippen LogP contribution in [0.15, 0.2) is 48.8 Å². The average molecular weight is 406 g/mol. The highest BCUT2D eigenvalue weighted by atomic mass is 19.1. The minimum Gasteiger partial charge on any atom is -0.465 e. The Kier molecular flexibility index (Phi) is 5.24. The highest BCUT2D eigenvalue weighted by Crippen LogP contribution is 2.29. The molecule has 30 heavy (non-hydrogen) atoms. The van der Waals surface area contributed by atoms with Crippen molar-refractivity contribution in [2.24, 2.45) is 0 Å². The normalized spacial score (nSPS) is 11.1. The van der Waals surface area contributed by atoms with Gasteiger partial charge in [-0.05, 0) is 37.3 Å². The van der Waals surface area contributed by atoms with Gasteiger partial charge in [-0.15, -0.1) is 0 Å². The Morgan fingerprint density at radius 2 is 1.87 bits per heavy atom. The van der Waals surface area contributed by atoms with Crippen molar-refractivity contribution >= 4 is 16.9 Å². The van der Waals surface area contributed by atoms with Gasteiger partial charge in [0.2, 0.25) is 0 Å². The van der Waals surface area contributed by atoms with E-state index in [1.807, 2.05) is 6.92 Å². The SMILES string of the molecule is COCn1nc(-c2ncc(-c3cc(C)ccc3F)cn2)c2cc(C(=O)OC)ccc21. The lowest BCUT2D eigenvalue weighted by molar-refractivity contribution is 0.0601. The number of carbonyl (C=O) groups is 1. The first-order chi connectivity index (χ1) is 14.5. The molecule has 4 aromatic rings. The molecule has 0 aliphatic carbocycles. The van der Waals surface area contributed by atoms with E-state index < -0.39 is 5.97 Å². The maximum atomic E-state index is 14.2. The standard InChI is InChI=1S/C22H19FN4O3/c1-13-4-6-18(23)16(8-13)15-10-24-21(25-11-15)20-17-9-14(22(28)30-3)5-7-19(17)27(26-20)12-29-2/h4-11H,12H2,1-3H3. The van der Waals surface area contributed by atoms with Gasteiger partial charge in [-0.2, -0.15) is 5.10 Å². The molecule has 0 aliphatic heterocycles. The predicted octanol–water partition coefficient (Wildman–Crippen LogP) is 4.00. The number of fused-ring (bicyclic) bond motifs is 1. The maximum Gasteiger partial charge on any atom is 0.337 e. The third kappa shape index (κ3) is 3.53. The average Bonchev–Trinajstić information content (AvgIpc) is 3.13. The van der Waals surface area contributed by atoms with Gasteiger partial charge in [0.05, 0.1) is 18.2 Å². The Morgan fingerprint density at radius 1 is 1.10 bits per heavy atom. The zero-order valence-corrected chi connectivity index (χ0v) is 16.7. The molecule has 0 amide bonds. The number of ether oxygens (including phenoxy) is 2. The number of methoxy groups -OCH3 is 2. The summed E-state index contributed by atoms with van der Waals surface area (Å²) in [7, 11) is 2.89. The summed E-state index contributed by atoms with van der Waals surface area (Å²) in [5, 5.41) is 5.23. The summed E-state index contributed by atoms with van der Waals surface area (Å²) in [6.07, 6.45) is 3.12. The van der Waals surface area contributed by atoms with Gasteiger partial charge in [-0.1, -0.05) is 11.6 Å². The van der Waals surface area contributed by atoms with Crippen LogP contribution in [0.1, 0.15) is 15.9 Å². The molecule has 0 fully saturated rings. The second-order valence-corrected chi connectivity index (χ2v) is 6.77. The van der Waals surface area contributed by atoms with E-state index in [1.165, 1.54) is 13.2 Å². The van der Waals surface area contributed by atoms with E-state index in [9.17, 15) is 9.18 Å². The van der Waals surface area contributed by atoms with Gasteiger partial charge in [0.15, 0.2) is 5.82 Å². The summed E-state index contributed by atoms with van der Waals surface area (Å²) >= 11 is 0. The van der Waals surface area contributed by atoms with Crippen molar-refractivity contribution in [1.82, 2.24) is 19.7 Å². The molecule has 8 heteroatoms. The second kappa shape index (κ2) is 8.00. The van der Waals surface area contributed by atoms with Crippen LogP contribution < -0.4 is 0 Å². The number of nitrogens with zero attached hydrogens (tertiary/aromatic N) is 4. The molecule has 7 nitrogen and oxygen atoms in total. The largest absolute Gasteiger partial charge is 0.465 e. The van der Waals surface area contributed by atoms with E-state index in [-0.39, 0.29) is 12.5 Å². The van der Waals surface area contributed by atoms with E-state index in [0.29, 0.717) is 33.6 Å². The molecule has 2 aromatic heterocycles. The molecule has 0 saturated heterocycles. The van der Waals surface area contributed by atoms with Crippen LogP contribution in [0, 0.1) is 12.7 Å². The smallest absolute Gasteiger partial charge is 0.337 e. The predicted molar refractivity (Wildman–Crippen MR) is 109 cm³/mol. The fourth-order valence-corrected chi connectivity index (χ4v) is 3.26. The lowest BCUT2D eigenvalue weighted by atomic mass is 10.1. The molecular formula is C22H19FN4O3. The number of hydrogen-bond donors (Lipinski definition) is 0. The third-order valence-electron chi connectivity index (χ3n) is 4.72. The zero-order valence-electron chi connectivity index (χ0n) is 16.7. The lowest BCUT2D eigenvalue weighted by Gasteiger charge is -2.05. The van der Waals surface area contributed by atoms with Gasteiger partial charge < -0.3 is 9.47 Å². The summed E-state index contributed by atoms with van der Waals surface area (Å²) in [4.78, 5) is 20.8. The number of esters is 1. The highest BCUT2D eigenvalue weighted by Gasteiger charge is 2.18. The molecule has 0 atom stereocenters. The first-order valence-corrected chi connectivity index (χ1v) is 9.18. The molecule has 0 saturated carbocycles. The van der Waals surface area contributed by atoms with Crippen molar-refractivity contribution in [3.8, 4) is 22.6 Å². The summed E-state index contributed by atoms with van der Waals surface area (Å²) < 4.78 is 25.9. The fraction of sp³-hybridized carbons (Fsp3) is 0.182. The highest BCUT2D eigenvalue weighted by molar-refractivity contribution is 5.99. The van der Waals surface area contributed by atoms with E-state index in [4.69, 9.17) is 9.47 Å². The number of halogens is 1. The van der Waals surface area contributed by atoms with Gasteiger partial charge >= 0.3 is 5.97 Å². The van der Waals surface area contributed by atoms with Crippen molar-refractivity contribution in [3.05, 3.63) is 65.7 Å². The van der Waals surface area contributed by atoms with Crippen LogP contribution in [-0.2, 0) is 16.2 Å². The maximum absolute atomic E-state index is 14.2. The van der Waals surface area contributed by atoms with Crippen LogP contribution in [0.5, 0.6) is 0 Å². The Bertz CT molecular complexity index is 1240. The second-order valence-electron chi connectivity index (χ2n) is 6.77. The van der Waals surface area contributed by atoms with Crippen molar-refractivity contribution in [1.29, 1.82) is 0 Å². The van der Waals surface area contributed by atoms with Crippen molar-refractivity contribution in [2.75, 3.05) is 14.2 Å². The van der Waals surface area contributed by atoms with E-state index in [2.05, 4.69) is 15.1 Å². The molecule has 0 spiro atoms. The fourth-order valence-electron chi connectivity index (χ4n) is 3.26. The molecule has 0 unspecified atom stereocenters. The third-order valence-corrected chi connectivity index (χ3v) is 4.72. The van der Waals surface area contributed by atoms with Gasteiger partial charge in [0.1, 0.15) is 18.2 Å². The summed E-state index contributed by atoms with van der Waals surface area (Å²) in [6.45, 7) is 2.12. The molecule has 2 aromatic carbocycles. The van der Waals surface area contributed by atoms with Crippen LogP contribution in [0.3, 0.4) is 0 Å². The van der Waals surface area contributed by atoms with Crippen molar-refractivity contribution in [3.63, 3.8) is 0 Å². The number of benzene rings is 2. The minimum absolute atomic E-state index is 0.223. The summed E-state index contributed by atoms with van der Waals surface area (Å²) in [5.41, 5.74) is 3.58. The van der Waals surface area contributed by atoms with Crippen LogP contribution in [0.2, 0.25) is 0 Å². The summed E-state index contributed by atoms with van der Waals surface area (Å²) in [6, 6.07) is 10.0. The topological polar surface area (TPSA) is 79.1 Å². The Labute approximate surface area is 172 Å². The van der Waals surface area contributed by atoms with E-state index in [0.717, 1.165) is 11.1 Å². The quantitative estimate of drug-likeness (QED) is 0.466. The van der Waals surface area contributed by atoms with E-state index >= 15 is 0 Å². The molecule has 4 rings (SSSR count). The Morgan fingerprint density at radius 3 is 2.57 bits per heavy atom. The number of hydrogen-bond acceptors (Lipinski definition) is 6. The van der Waals surface area contributed by atoms with Crippen LogP contribution >= 0.6 is 0 Å². The van der Waals surface area contributed by atoms with Gasteiger partial charge in [-0.3, -0.25) is 0 Å². The number of aromatic nitrogens is 4. The molecule has 0 bridgehead atoms. The molecule has 152 valence electrons. The van der Waals surface area contributed by atoms with Crippen molar-refractivity contribution < 1.29 is 18.7 Å². The number of aryl methyl sites for hydroxylation is 1. The monoisotopic (exact) mass is 406 g/mol. The van der Waals surface area contributed by atoms with Crippen LogP contribution in [-0.4, -0.2) is 39.9 Å². The minimum atomic E-state index is -0.450. The first kappa shape index (κ1) is 19.7. The van der Waals surface area contributed by atoms with Crippen molar-refractivity contribution in [2.45, 2.75) is 13.7 Å². The summed E-state index contributed by atoms with van der Waals surface area (Å²) in [5.74, 6) is -0.434. The lowest BCUT2D eigenvalue weighted by Crippen LogP contribution is -2.03. The Balaban J connectivity index is 1.81. The molecular weight excluding hydrogens is 387 g/mol. The Hall–Kier alpha value is -3.65. The number of rotatable bonds is 5. The van der Waals surface area contributed by atoms with Gasteiger partial charge in [-0.25, -0.2) is 23.8 Å². The van der Waals surface area contributed by atoms with Crippen LogP contribution in [0.25, 0.3) is 33.5 Å². The number of carbonyl (C=O) groups excluding carboxylic acids is 1. The van der Waals surface area contributed by atoms with Gasteiger partial charge in [0.25, 0.3) is 0 Å². The van der Waals surface area contributed by atoms with Gasteiger partial charge in [0, 0.05) is 36.0 Å².